The summed E-state index contributed by atoms with van der Waals surface area (Å²) in [6.45, 7) is 5.12. The summed E-state index contributed by atoms with van der Waals surface area (Å²) in [7, 11) is 0. The lowest BCUT2D eigenvalue weighted by molar-refractivity contribution is -0.386. The summed E-state index contributed by atoms with van der Waals surface area (Å²) >= 11 is 0. The maximum absolute atomic E-state index is 14.8. The molecule has 2 unspecified atom stereocenters. The van der Waals surface area contributed by atoms with Crippen LogP contribution < -0.4 is 9.47 Å². The Hall–Kier alpha value is -5.85. The first-order valence-electron chi connectivity index (χ1n) is 16.3. The summed E-state index contributed by atoms with van der Waals surface area (Å²) in [5, 5.41) is 65.0. The summed E-state index contributed by atoms with van der Waals surface area (Å²) in [5.74, 6) is -5.27. The van der Waals surface area contributed by atoms with Crippen LogP contribution >= 0.6 is 0 Å². The Labute approximate surface area is 288 Å². The number of nitrogens with zero attached hydrogens (tertiary/aromatic N) is 2. The molecule has 0 aliphatic heterocycles. The van der Waals surface area contributed by atoms with Gasteiger partial charge < -0.3 is 29.9 Å². The van der Waals surface area contributed by atoms with Gasteiger partial charge >= 0.3 is 11.4 Å². The molecule has 0 radical (unpaired) electrons. The van der Waals surface area contributed by atoms with E-state index in [-0.39, 0.29) is 24.0 Å². The molecule has 0 spiro atoms. The molecule has 0 saturated carbocycles. The molecule has 13 heteroatoms. The van der Waals surface area contributed by atoms with E-state index in [0.717, 1.165) is 49.9 Å². The van der Waals surface area contributed by atoms with Gasteiger partial charge in [-0.25, -0.2) is 0 Å². The van der Waals surface area contributed by atoms with E-state index >= 15 is 0 Å². The molecule has 4 aromatic rings. The zero-order valence-electron chi connectivity index (χ0n) is 27.8. The fraction of sp³-hybridized carbons (Fsp3) is 0.324. The van der Waals surface area contributed by atoms with E-state index in [1.54, 1.807) is 48.5 Å². The lowest BCUT2D eigenvalue weighted by atomic mass is 9.77. The van der Waals surface area contributed by atoms with Crippen LogP contribution in [0.25, 0.3) is 0 Å². The number of nitro benzene ring substituents is 2. The molecular weight excluding hydrogens is 648 g/mol. The minimum absolute atomic E-state index is 0.0162. The second-order valence-electron chi connectivity index (χ2n) is 11.9. The van der Waals surface area contributed by atoms with Crippen LogP contribution in [0.4, 0.5) is 11.4 Å². The van der Waals surface area contributed by atoms with Crippen LogP contribution in [0.3, 0.4) is 0 Å². The minimum atomic E-state index is -1.19. The van der Waals surface area contributed by atoms with Gasteiger partial charge in [0.05, 0.1) is 23.1 Å². The first-order chi connectivity index (χ1) is 23.9. The van der Waals surface area contributed by atoms with Gasteiger partial charge in [0.1, 0.15) is 17.3 Å². The Bertz CT molecular complexity index is 1680. The fourth-order valence-electron chi connectivity index (χ4n) is 5.52. The predicted molar refractivity (Wildman–Crippen MR) is 184 cm³/mol. The number of hydrogen-bond acceptors (Lipinski definition) is 11. The zero-order chi connectivity index (χ0) is 36.4. The molecule has 0 heterocycles. The first-order valence-corrected chi connectivity index (χ1v) is 16.3. The van der Waals surface area contributed by atoms with Crippen LogP contribution in [0.15, 0.2) is 72.8 Å². The van der Waals surface area contributed by atoms with Crippen molar-refractivity contribution in [2.24, 2.45) is 0 Å². The van der Waals surface area contributed by atoms with Gasteiger partial charge in [-0.05, 0) is 84.3 Å². The number of nitro groups is 2. The number of rotatable bonds is 18. The van der Waals surface area contributed by atoms with E-state index in [1.165, 1.54) is 0 Å². The van der Waals surface area contributed by atoms with Crippen molar-refractivity contribution in [1.82, 2.24) is 0 Å². The highest BCUT2D eigenvalue weighted by atomic mass is 16.6. The monoisotopic (exact) mass is 688 g/mol. The highest BCUT2D eigenvalue weighted by molar-refractivity contribution is 5.93. The molecule has 4 aromatic carbocycles. The van der Waals surface area contributed by atoms with Crippen LogP contribution in [-0.4, -0.2) is 49.3 Å². The van der Waals surface area contributed by atoms with Crippen LogP contribution in [-0.2, 0) is 17.6 Å². The fourth-order valence-corrected chi connectivity index (χ4v) is 5.52. The van der Waals surface area contributed by atoms with E-state index in [9.17, 15) is 45.4 Å². The molecular formula is C37H40N2O11. The number of aromatic hydroxyl groups is 4. The van der Waals surface area contributed by atoms with Crippen molar-refractivity contribution >= 4 is 17.2 Å². The van der Waals surface area contributed by atoms with E-state index in [0.29, 0.717) is 35.8 Å². The molecule has 0 fully saturated rings. The lowest BCUT2D eigenvalue weighted by Crippen LogP contribution is -2.24. The molecule has 2 atom stereocenters. The molecule has 0 aliphatic carbocycles. The average molecular weight is 689 g/mol. The Kier molecular flexibility index (Phi) is 12.6. The molecule has 4 rings (SSSR count). The molecule has 0 bridgehead atoms. The molecule has 0 saturated heterocycles. The second kappa shape index (κ2) is 17.0. The van der Waals surface area contributed by atoms with Crippen molar-refractivity contribution in [3.05, 3.63) is 115 Å². The first kappa shape index (κ1) is 37.0. The summed E-state index contributed by atoms with van der Waals surface area (Å²) in [6.07, 6.45) is 3.58. The van der Waals surface area contributed by atoms with Crippen LogP contribution in [0.5, 0.6) is 34.5 Å². The third-order valence-electron chi connectivity index (χ3n) is 8.33. The Morgan fingerprint density at radius 1 is 0.640 bits per heavy atom. The summed E-state index contributed by atoms with van der Waals surface area (Å²) in [4.78, 5) is 36.7. The number of carbonyl (C=O) groups is 1. The Balaban J connectivity index is 1.83. The molecule has 0 aliphatic rings. The Morgan fingerprint density at radius 2 is 1.00 bits per heavy atom. The van der Waals surface area contributed by atoms with Gasteiger partial charge in [0.2, 0.25) is 11.5 Å². The predicted octanol–water partition coefficient (Wildman–Crippen LogP) is 7.61. The number of phenols is 4. The number of phenolic OH excluding ortho intramolecular Hbond substituents is 4. The minimum Gasteiger partial charge on any atom is -0.504 e. The summed E-state index contributed by atoms with van der Waals surface area (Å²) in [6, 6.07) is 18.0. The highest BCUT2D eigenvalue weighted by Gasteiger charge is 2.34. The van der Waals surface area contributed by atoms with Gasteiger partial charge in [-0.15, -0.1) is 0 Å². The Morgan fingerprint density at radius 3 is 1.32 bits per heavy atom. The van der Waals surface area contributed by atoms with E-state index in [2.05, 4.69) is 0 Å². The number of hydrogen-bond donors (Lipinski definition) is 4. The molecule has 13 nitrogen and oxygen atoms in total. The molecule has 4 N–H and O–H groups in total. The number of Topliss-reactive ketones (excluding diaryl/α,β-unsaturated/α-hetero) is 1. The number of carbonyl (C=O) groups excluding carboxylic acids is 1. The number of benzene rings is 4. The lowest BCUT2D eigenvalue weighted by Gasteiger charge is -2.24. The normalized spacial score (nSPS) is 12.2. The van der Waals surface area contributed by atoms with Crippen molar-refractivity contribution in [2.45, 2.75) is 64.2 Å². The molecule has 0 aromatic heterocycles. The van der Waals surface area contributed by atoms with Crippen molar-refractivity contribution in [2.75, 3.05) is 13.2 Å². The van der Waals surface area contributed by atoms with Gasteiger partial charge in [0.15, 0.2) is 11.5 Å². The third kappa shape index (κ3) is 9.19. The quantitative estimate of drug-likeness (QED) is 0.0347. The second-order valence-corrected chi connectivity index (χ2v) is 11.9. The van der Waals surface area contributed by atoms with Gasteiger partial charge in [0, 0.05) is 24.0 Å². The largest absolute Gasteiger partial charge is 0.504 e. The van der Waals surface area contributed by atoms with E-state index in [4.69, 9.17) is 9.47 Å². The van der Waals surface area contributed by atoms with Crippen LogP contribution in [0.1, 0.15) is 73.6 Å². The number of ketones is 1. The molecule has 264 valence electrons. The average Bonchev–Trinajstić information content (AvgIpc) is 3.09. The van der Waals surface area contributed by atoms with Crippen LogP contribution in [0.2, 0.25) is 0 Å². The van der Waals surface area contributed by atoms with Crippen molar-refractivity contribution < 1.29 is 44.5 Å². The summed E-state index contributed by atoms with van der Waals surface area (Å²) in [5.41, 5.74) is -0.331. The number of ether oxygens (including phenoxy) is 2. The smallest absolute Gasteiger partial charge is 0.314 e. The maximum Gasteiger partial charge on any atom is 0.314 e. The van der Waals surface area contributed by atoms with Gasteiger partial charge in [0.25, 0.3) is 0 Å². The van der Waals surface area contributed by atoms with Crippen LogP contribution in [0, 0.1) is 20.2 Å². The molecule has 0 amide bonds. The third-order valence-corrected chi connectivity index (χ3v) is 8.33. The van der Waals surface area contributed by atoms with Gasteiger partial charge in [-0.1, -0.05) is 51.0 Å². The van der Waals surface area contributed by atoms with Crippen molar-refractivity contribution in [3.63, 3.8) is 0 Å². The van der Waals surface area contributed by atoms with E-state index < -0.39 is 61.8 Å². The van der Waals surface area contributed by atoms with Gasteiger partial charge in [-0.3, -0.25) is 25.0 Å². The van der Waals surface area contributed by atoms with E-state index in [1.807, 2.05) is 13.8 Å². The standard InChI is InChI=1S/C37H40N2O11/c1-3-5-15-49-27-11-7-23(8-12-27)17-29(25-19-31(38(45)46)36(43)33(40)21-25)35(42)30(26-20-32(39(47)48)37(44)34(41)22-26)18-24-9-13-28(14-10-24)50-16-6-4-2/h7-14,19-22,29-30,40-41,43-44H,3-6,15-18H2,1-2H3. The zero-order valence-corrected chi connectivity index (χ0v) is 27.8. The SMILES string of the molecule is CCCCOc1ccc(CC(C(=O)C(Cc2ccc(OCCCC)cc2)c2cc(O)c(O)c([N+](=O)[O-])c2)c2cc(O)c(O)c([N+](=O)[O-])c2)cc1. The number of unbranched alkanes of at least 4 members (excludes halogenated alkanes) is 2. The topological polar surface area (TPSA) is 203 Å². The van der Waals surface area contributed by atoms with Crippen molar-refractivity contribution in [1.29, 1.82) is 0 Å². The maximum atomic E-state index is 14.8. The highest BCUT2D eigenvalue weighted by Crippen LogP contribution is 2.43. The summed E-state index contributed by atoms with van der Waals surface area (Å²) < 4.78 is 11.5. The molecule has 50 heavy (non-hydrogen) atoms. The van der Waals surface area contributed by atoms with Gasteiger partial charge in [-0.2, -0.15) is 0 Å². The van der Waals surface area contributed by atoms with Crippen molar-refractivity contribution in [3.8, 4) is 34.5 Å².